The van der Waals surface area contributed by atoms with E-state index in [0.29, 0.717) is 55.6 Å². The Balaban J connectivity index is 1.31. The lowest BCUT2D eigenvalue weighted by Crippen LogP contribution is -2.30. The summed E-state index contributed by atoms with van der Waals surface area (Å²) in [5.74, 6) is -4.86. The third-order valence-corrected chi connectivity index (χ3v) is 9.29. The summed E-state index contributed by atoms with van der Waals surface area (Å²) in [5.41, 5.74) is 0.903. The first kappa shape index (κ1) is 28.2. The molecule has 2 nitrogen and oxygen atoms in total. The fourth-order valence-electron chi connectivity index (χ4n) is 6.76. The molecule has 0 aliphatic heterocycles. The highest BCUT2D eigenvalue weighted by atomic mass is 19.2. The molecule has 1 aromatic rings. The molecule has 0 saturated heterocycles. The van der Waals surface area contributed by atoms with Gasteiger partial charge in [-0.2, -0.15) is 0 Å². The molecular formula is C31H42F4O2. The third kappa shape index (κ3) is 6.42. The Morgan fingerprint density at radius 2 is 1.35 bits per heavy atom. The first-order valence-corrected chi connectivity index (χ1v) is 14.6. The van der Waals surface area contributed by atoms with Gasteiger partial charge in [-0.15, -0.1) is 0 Å². The molecule has 6 heteroatoms. The second kappa shape index (κ2) is 12.8. The highest BCUT2D eigenvalue weighted by molar-refractivity contribution is 5.75. The maximum atomic E-state index is 15.1. The summed E-state index contributed by atoms with van der Waals surface area (Å²) in [5, 5.41) is 0. The van der Waals surface area contributed by atoms with Crippen molar-refractivity contribution in [1.82, 2.24) is 0 Å². The lowest BCUT2D eigenvalue weighted by molar-refractivity contribution is -0.155. The molecule has 2 unspecified atom stereocenters. The first-order chi connectivity index (χ1) is 17.8. The molecule has 0 heterocycles. The molecule has 0 bridgehead atoms. The fraction of sp³-hybridized carbons (Fsp3) is 0.710. The van der Waals surface area contributed by atoms with E-state index in [1.807, 2.05) is 6.92 Å². The van der Waals surface area contributed by atoms with Crippen LogP contribution in [0, 0.1) is 29.4 Å². The van der Waals surface area contributed by atoms with Gasteiger partial charge in [-0.25, -0.2) is 17.6 Å². The minimum atomic E-state index is -1.16. The van der Waals surface area contributed by atoms with Crippen molar-refractivity contribution in [2.75, 3.05) is 0 Å². The van der Waals surface area contributed by atoms with Gasteiger partial charge in [0.2, 0.25) is 0 Å². The topological polar surface area (TPSA) is 26.3 Å². The number of esters is 1. The molecule has 0 aromatic heterocycles. The average Bonchev–Trinajstić information content (AvgIpc) is 2.91. The highest BCUT2D eigenvalue weighted by Crippen LogP contribution is 2.43. The number of carbonyl (C=O) groups excluding carboxylic acids is 1. The number of hydrogen-bond donors (Lipinski definition) is 0. The Kier molecular flexibility index (Phi) is 9.74. The molecule has 0 spiro atoms. The highest BCUT2D eigenvalue weighted by Gasteiger charge is 2.38. The molecule has 3 aliphatic rings. The Morgan fingerprint density at radius 3 is 1.89 bits per heavy atom. The van der Waals surface area contributed by atoms with Crippen molar-refractivity contribution in [3.8, 4) is 0 Å². The van der Waals surface area contributed by atoms with Crippen LogP contribution < -0.4 is 0 Å². The number of carbonyl (C=O) groups is 1. The van der Waals surface area contributed by atoms with Crippen LogP contribution in [-0.2, 0) is 9.53 Å². The number of benzene rings is 1. The van der Waals surface area contributed by atoms with Gasteiger partial charge in [0, 0.05) is 5.92 Å². The zero-order valence-corrected chi connectivity index (χ0v) is 22.3. The summed E-state index contributed by atoms with van der Waals surface area (Å²) in [6, 6.07) is 3.52. The number of rotatable bonds is 8. The van der Waals surface area contributed by atoms with Gasteiger partial charge in [0.1, 0.15) is 23.7 Å². The second-order valence-corrected chi connectivity index (χ2v) is 11.6. The van der Waals surface area contributed by atoms with Crippen LogP contribution in [-0.4, -0.2) is 12.1 Å². The zero-order chi connectivity index (χ0) is 26.5. The van der Waals surface area contributed by atoms with Gasteiger partial charge in [0.15, 0.2) is 11.6 Å². The molecule has 2 atom stereocenters. The van der Waals surface area contributed by atoms with Crippen molar-refractivity contribution in [2.45, 2.75) is 122 Å². The van der Waals surface area contributed by atoms with Crippen LogP contribution in [0.5, 0.6) is 0 Å². The summed E-state index contributed by atoms with van der Waals surface area (Å²) >= 11 is 0. The van der Waals surface area contributed by atoms with Gasteiger partial charge in [-0.3, -0.25) is 4.79 Å². The Morgan fingerprint density at radius 1 is 0.784 bits per heavy atom. The van der Waals surface area contributed by atoms with E-state index >= 15 is 8.78 Å². The van der Waals surface area contributed by atoms with E-state index in [-0.39, 0.29) is 18.3 Å². The molecule has 3 aliphatic carbocycles. The molecule has 1 aromatic carbocycles. The molecule has 0 amide bonds. The first-order valence-electron chi connectivity index (χ1n) is 14.6. The smallest absolute Gasteiger partial charge is 0.316 e. The normalized spacial score (nSPS) is 30.9. The quantitative estimate of drug-likeness (QED) is 0.251. The molecule has 0 radical (unpaired) electrons. The largest absolute Gasteiger partial charge is 0.462 e. The lowest BCUT2D eigenvalue weighted by Gasteiger charge is -2.32. The average molecular weight is 523 g/mol. The summed E-state index contributed by atoms with van der Waals surface area (Å²) in [6.45, 7) is 4.19. The molecule has 37 heavy (non-hydrogen) atoms. The minimum Gasteiger partial charge on any atom is -0.462 e. The zero-order valence-electron chi connectivity index (χ0n) is 22.3. The number of hydrogen-bond acceptors (Lipinski definition) is 2. The van der Waals surface area contributed by atoms with E-state index in [1.54, 1.807) is 12.1 Å². The molecule has 2 saturated carbocycles. The Hall–Kier alpha value is -1.85. The number of halogens is 4. The minimum absolute atomic E-state index is 0.0856. The van der Waals surface area contributed by atoms with Gasteiger partial charge in [0.25, 0.3) is 0 Å². The third-order valence-electron chi connectivity index (χ3n) is 9.29. The van der Waals surface area contributed by atoms with Crippen LogP contribution in [0.15, 0.2) is 23.8 Å². The Labute approximate surface area is 219 Å². The lowest BCUT2D eigenvalue weighted by atomic mass is 9.76. The van der Waals surface area contributed by atoms with Crippen LogP contribution in [0.1, 0.15) is 127 Å². The predicted molar refractivity (Wildman–Crippen MR) is 137 cm³/mol. The van der Waals surface area contributed by atoms with E-state index in [9.17, 15) is 13.6 Å². The monoisotopic (exact) mass is 522 g/mol. The Bertz CT molecular complexity index is 958. The van der Waals surface area contributed by atoms with Gasteiger partial charge < -0.3 is 4.74 Å². The predicted octanol–water partition coefficient (Wildman–Crippen LogP) is 9.58. The second-order valence-electron chi connectivity index (χ2n) is 11.6. The van der Waals surface area contributed by atoms with Gasteiger partial charge in [-0.05, 0) is 99.5 Å². The van der Waals surface area contributed by atoms with Crippen molar-refractivity contribution < 1.29 is 27.1 Å². The van der Waals surface area contributed by atoms with Crippen molar-refractivity contribution in [1.29, 1.82) is 0 Å². The number of ether oxygens (including phenoxy) is 1. The van der Waals surface area contributed by atoms with E-state index in [4.69, 9.17) is 4.74 Å². The molecule has 206 valence electrons. The van der Waals surface area contributed by atoms with E-state index in [1.165, 1.54) is 0 Å². The van der Waals surface area contributed by atoms with Gasteiger partial charge >= 0.3 is 5.97 Å². The summed E-state index contributed by atoms with van der Waals surface area (Å²) in [7, 11) is 0. The molecule has 0 N–H and O–H groups in total. The maximum absolute atomic E-state index is 15.1. The molecule has 2 fully saturated rings. The molecule has 4 rings (SSSR count). The van der Waals surface area contributed by atoms with Crippen molar-refractivity contribution in [3.63, 3.8) is 0 Å². The van der Waals surface area contributed by atoms with Crippen LogP contribution in [0.25, 0.3) is 0 Å². The fourth-order valence-corrected chi connectivity index (χ4v) is 6.76. The van der Waals surface area contributed by atoms with Crippen molar-refractivity contribution in [2.24, 2.45) is 17.8 Å². The standard InChI is InChI=1S/C31H42F4O2/c1-3-5-6-22-13-16-26(30(35)27(22)32)31(36)37-23-14-11-21(12-15-23)25-18-17-24(28(33)29(25)34)20-9-7-19(4-2)8-10-20/h17-23,26H,3-16H2,1-2H3. The van der Waals surface area contributed by atoms with Crippen molar-refractivity contribution >= 4 is 5.97 Å². The van der Waals surface area contributed by atoms with Gasteiger partial charge in [0.05, 0.1) is 0 Å². The maximum Gasteiger partial charge on any atom is 0.316 e. The van der Waals surface area contributed by atoms with Crippen LogP contribution in [0.4, 0.5) is 17.6 Å². The summed E-state index contributed by atoms with van der Waals surface area (Å²) in [4.78, 5) is 12.6. The van der Waals surface area contributed by atoms with Crippen LogP contribution >= 0.6 is 0 Å². The van der Waals surface area contributed by atoms with Crippen LogP contribution in [0.3, 0.4) is 0 Å². The van der Waals surface area contributed by atoms with Gasteiger partial charge in [-0.1, -0.05) is 45.2 Å². The molecular weight excluding hydrogens is 480 g/mol. The van der Waals surface area contributed by atoms with E-state index in [2.05, 4.69) is 6.92 Å². The van der Waals surface area contributed by atoms with E-state index < -0.39 is 47.2 Å². The number of unbranched alkanes of at least 4 members (excludes halogenated alkanes) is 1. The number of allylic oxidation sites excluding steroid dienone is 1. The van der Waals surface area contributed by atoms with Crippen LogP contribution in [0.2, 0.25) is 0 Å². The van der Waals surface area contributed by atoms with E-state index in [0.717, 1.165) is 44.9 Å². The summed E-state index contributed by atoms with van der Waals surface area (Å²) in [6.07, 6.45) is 9.87. The summed E-state index contributed by atoms with van der Waals surface area (Å²) < 4.78 is 64.9. The van der Waals surface area contributed by atoms with Crippen molar-refractivity contribution in [3.05, 3.63) is 46.5 Å². The SMILES string of the molecule is CCCCC1CCC(C(=O)OC2CCC(c3ccc(C4CCC(CC)CC4)c(F)c3F)CC2)C(F)=C1F.